The summed E-state index contributed by atoms with van der Waals surface area (Å²) in [5, 5.41) is 3.17. The van der Waals surface area contributed by atoms with Crippen molar-refractivity contribution in [2.45, 2.75) is 6.92 Å². The van der Waals surface area contributed by atoms with E-state index in [0.29, 0.717) is 22.1 Å². The van der Waals surface area contributed by atoms with Gasteiger partial charge in [-0.05, 0) is 30.7 Å². The molecule has 0 unspecified atom stereocenters. The van der Waals surface area contributed by atoms with E-state index in [2.05, 4.69) is 5.32 Å². The van der Waals surface area contributed by atoms with Gasteiger partial charge >= 0.3 is 0 Å². The second-order valence-corrected chi connectivity index (χ2v) is 4.87. The maximum Gasteiger partial charge on any atom is 0.255 e. The fourth-order valence-corrected chi connectivity index (χ4v) is 2.24. The largest absolute Gasteiger partial charge is 0.493 e. The lowest BCUT2D eigenvalue weighted by molar-refractivity contribution is 0.102. The first-order valence-electron chi connectivity index (χ1n) is 6.35. The van der Waals surface area contributed by atoms with Gasteiger partial charge < -0.3 is 14.8 Å². The molecule has 0 bridgehead atoms. The van der Waals surface area contributed by atoms with E-state index in [1.54, 1.807) is 12.1 Å². The van der Waals surface area contributed by atoms with E-state index in [-0.39, 0.29) is 5.91 Å². The van der Waals surface area contributed by atoms with Gasteiger partial charge in [0.05, 0.1) is 19.2 Å². The molecule has 0 aliphatic carbocycles. The highest BCUT2D eigenvalue weighted by atomic mass is 35.5. The summed E-state index contributed by atoms with van der Waals surface area (Å²) in [6.07, 6.45) is 0. The number of halogens is 1. The molecular weight excluding hydrogens is 290 g/mol. The second kappa shape index (κ2) is 6.50. The van der Waals surface area contributed by atoms with Crippen molar-refractivity contribution in [3.63, 3.8) is 0 Å². The summed E-state index contributed by atoms with van der Waals surface area (Å²) in [6, 6.07) is 10.7. The predicted octanol–water partition coefficient (Wildman–Crippen LogP) is 3.92. The molecule has 21 heavy (non-hydrogen) atoms. The van der Waals surface area contributed by atoms with Crippen LogP contribution in [0.4, 0.5) is 5.69 Å². The summed E-state index contributed by atoms with van der Waals surface area (Å²) in [5.74, 6) is 0.568. The number of ether oxygens (including phenoxy) is 2. The Bertz CT molecular complexity index is 671. The molecule has 0 saturated heterocycles. The van der Waals surface area contributed by atoms with Crippen molar-refractivity contribution in [1.82, 2.24) is 0 Å². The van der Waals surface area contributed by atoms with Crippen LogP contribution in [0.15, 0.2) is 36.4 Å². The molecule has 0 radical (unpaired) electrons. The Balaban J connectivity index is 2.32. The van der Waals surface area contributed by atoms with Crippen molar-refractivity contribution >= 4 is 23.2 Å². The number of nitrogens with one attached hydrogen (secondary N) is 1. The molecule has 5 heteroatoms. The number of rotatable bonds is 4. The van der Waals surface area contributed by atoms with E-state index < -0.39 is 0 Å². The first kappa shape index (κ1) is 15.2. The molecule has 2 aromatic carbocycles. The quantitative estimate of drug-likeness (QED) is 0.931. The lowest BCUT2D eigenvalue weighted by Crippen LogP contribution is -2.13. The number of methoxy groups -OCH3 is 2. The Morgan fingerprint density at radius 1 is 1.14 bits per heavy atom. The molecule has 0 atom stereocenters. The Hall–Kier alpha value is -2.20. The highest BCUT2D eigenvalue weighted by molar-refractivity contribution is 6.32. The van der Waals surface area contributed by atoms with Crippen LogP contribution in [0.3, 0.4) is 0 Å². The summed E-state index contributed by atoms with van der Waals surface area (Å²) in [7, 11) is 2.99. The normalized spacial score (nSPS) is 10.1. The van der Waals surface area contributed by atoms with Gasteiger partial charge in [-0.1, -0.05) is 29.8 Å². The third-order valence-corrected chi connectivity index (χ3v) is 3.37. The molecule has 2 rings (SSSR count). The van der Waals surface area contributed by atoms with Crippen molar-refractivity contribution in [3.8, 4) is 11.5 Å². The third-order valence-electron chi connectivity index (χ3n) is 3.09. The molecule has 0 saturated carbocycles. The van der Waals surface area contributed by atoms with Crippen molar-refractivity contribution in [2.24, 2.45) is 0 Å². The van der Waals surface area contributed by atoms with Gasteiger partial charge in [-0.3, -0.25) is 4.79 Å². The van der Waals surface area contributed by atoms with Crippen molar-refractivity contribution in [1.29, 1.82) is 0 Å². The average Bonchev–Trinajstić information content (AvgIpc) is 2.48. The average molecular weight is 306 g/mol. The Morgan fingerprint density at radius 3 is 2.48 bits per heavy atom. The third kappa shape index (κ3) is 3.28. The minimum atomic E-state index is -0.257. The highest BCUT2D eigenvalue weighted by Crippen LogP contribution is 2.36. The first-order valence-corrected chi connectivity index (χ1v) is 6.73. The monoisotopic (exact) mass is 305 g/mol. The van der Waals surface area contributed by atoms with Crippen LogP contribution in [0.5, 0.6) is 11.5 Å². The van der Waals surface area contributed by atoms with E-state index >= 15 is 0 Å². The maximum absolute atomic E-state index is 12.3. The van der Waals surface area contributed by atoms with Gasteiger partial charge in [0, 0.05) is 11.3 Å². The number of carbonyl (C=O) groups is 1. The predicted molar refractivity (Wildman–Crippen MR) is 83.7 cm³/mol. The van der Waals surface area contributed by atoms with E-state index in [9.17, 15) is 4.79 Å². The Labute approximate surface area is 128 Å². The topological polar surface area (TPSA) is 47.6 Å². The molecule has 0 aromatic heterocycles. The summed E-state index contributed by atoms with van der Waals surface area (Å²) in [6.45, 7) is 1.93. The zero-order chi connectivity index (χ0) is 15.4. The number of carbonyl (C=O) groups excluding carboxylic acids is 1. The van der Waals surface area contributed by atoms with Crippen LogP contribution in [0.25, 0.3) is 0 Å². The standard InChI is InChI=1S/C16H16ClNO3/c1-10-6-4-5-7-13(10)18-16(19)11-8-12(17)15(21-3)14(9-11)20-2/h4-9H,1-3H3,(H,18,19). The number of anilines is 1. The number of hydrogen-bond acceptors (Lipinski definition) is 3. The number of amides is 1. The molecule has 2 aromatic rings. The molecule has 1 N–H and O–H groups in total. The van der Waals surface area contributed by atoms with Crippen LogP contribution in [0, 0.1) is 6.92 Å². The van der Waals surface area contributed by atoms with E-state index in [4.69, 9.17) is 21.1 Å². The van der Waals surface area contributed by atoms with E-state index in [1.165, 1.54) is 14.2 Å². The van der Waals surface area contributed by atoms with Gasteiger partial charge in [0.25, 0.3) is 5.91 Å². The lowest BCUT2D eigenvalue weighted by atomic mass is 10.1. The van der Waals surface area contributed by atoms with Crippen molar-refractivity contribution in [2.75, 3.05) is 19.5 Å². The fourth-order valence-electron chi connectivity index (χ4n) is 1.96. The van der Waals surface area contributed by atoms with Gasteiger partial charge in [0.1, 0.15) is 0 Å². The minimum absolute atomic E-state index is 0.257. The summed E-state index contributed by atoms with van der Waals surface area (Å²) >= 11 is 6.11. The van der Waals surface area contributed by atoms with E-state index in [1.807, 2.05) is 31.2 Å². The molecular formula is C16H16ClNO3. The molecule has 4 nitrogen and oxygen atoms in total. The summed E-state index contributed by atoms with van der Waals surface area (Å²) < 4.78 is 10.3. The Morgan fingerprint density at radius 2 is 1.86 bits per heavy atom. The number of hydrogen-bond donors (Lipinski definition) is 1. The smallest absolute Gasteiger partial charge is 0.255 e. The lowest BCUT2D eigenvalue weighted by Gasteiger charge is -2.12. The molecule has 0 heterocycles. The van der Waals surface area contributed by atoms with E-state index in [0.717, 1.165) is 11.3 Å². The van der Waals surface area contributed by atoms with Gasteiger partial charge in [-0.25, -0.2) is 0 Å². The van der Waals surface area contributed by atoms with Crippen molar-refractivity contribution in [3.05, 3.63) is 52.5 Å². The van der Waals surface area contributed by atoms with Crippen LogP contribution in [-0.2, 0) is 0 Å². The molecule has 0 aliphatic heterocycles. The molecule has 0 fully saturated rings. The van der Waals surface area contributed by atoms with Crippen LogP contribution in [0.1, 0.15) is 15.9 Å². The zero-order valence-electron chi connectivity index (χ0n) is 12.1. The minimum Gasteiger partial charge on any atom is -0.493 e. The van der Waals surface area contributed by atoms with Gasteiger partial charge in [-0.2, -0.15) is 0 Å². The van der Waals surface area contributed by atoms with Crippen molar-refractivity contribution < 1.29 is 14.3 Å². The van der Waals surface area contributed by atoms with Crippen LogP contribution >= 0.6 is 11.6 Å². The maximum atomic E-state index is 12.3. The van der Waals surface area contributed by atoms with Crippen LogP contribution < -0.4 is 14.8 Å². The van der Waals surface area contributed by atoms with Crippen LogP contribution in [-0.4, -0.2) is 20.1 Å². The summed E-state index contributed by atoms with van der Waals surface area (Å²) in [4.78, 5) is 12.3. The molecule has 1 amide bonds. The first-order chi connectivity index (χ1) is 10.1. The molecule has 110 valence electrons. The summed E-state index contributed by atoms with van der Waals surface area (Å²) in [5.41, 5.74) is 2.15. The highest BCUT2D eigenvalue weighted by Gasteiger charge is 2.15. The van der Waals surface area contributed by atoms with Gasteiger partial charge in [0.2, 0.25) is 0 Å². The number of benzene rings is 2. The van der Waals surface area contributed by atoms with Gasteiger partial charge in [0.15, 0.2) is 11.5 Å². The molecule has 0 aliphatic rings. The van der Waals surface area contributed by atoms with Gasteiger partial charge in [-0.15, -0.1) is 0 Å². The SMILES string of the molecule is COc1cc(C(=O)Nc2ccccc2C)cc(Cl)c1OC. The fraction of sp³-hybridized carbons (Fsp3) is 0.188. The number of aryl methyl sites for hydroxylation is 1. The van der Waals surface area contributed by atoms with Crippen LogP contribution in [0.2, 0.25) is 5.02 Å². The second-order valence-electron chi connectivity index (χ2n) is 4.46. The Kier molecular flexibility index (Phi) is 4.70. The number of para-hydroxylation sites is 1. The zero-order valence-corrected chi connectivity index (χ0v) is 12.8. The molecule has 0 spiro atoms.